The third-order valence-electron chi connectivity index (χ3n) is 3.38. The number of hydrogen-bond donors (Lipinski definition) is 1. The van der Waals surface area contributed by atoms with Crippen molar-refractivity contribution in [2.45, 2.75) is 33.1 Å². The lowest BCUT2D eigenvalue weighted by atomic mass is 9.82. The van der Waals surface area contributed by atoms with Crippen LogP contribution in [0.5, 0.6) is 0 Å². The second-order valence-corrected chi connectivity index (χ2v) is 4.45. The summed E-state index contributed by atoms with van der Waals surface area (Å²) < 4.78 is 5.00. The van der Waals surface area contributed by atoms with Gasteiger partial charge in [0, 0.05) is 20.2 Å². The fraction of sp³-hybridized carbons (Fsp3) is 1.00. The molecule has 1 N–H and O–H groups in total. The number of ether oxygens (including phenoxy) is 1. The predicted molar refractivity (Wildman–Crippen MR) is 55.9 cm³/mol. The fourth-order valence-electron chi connectivity index (χ4n) is 1.89. The van der Waals surface area contributed by atoms with E-state index in [0.717, 1.165) is 25.6 Å². The van der Waals surface area contributed by atoms with Crippen LogP contribution in [-0.4, -0.2) is 26.8 Å². The zero-order chi connectivity index (χ0) is 9.73. The van der Waals surface area contributed by atoms with Gasteiger partial charge in [0.1, 0.15) is 0 Å². The molecule has 2 heteroatoms. The third kappa shape index (κ3) is 3.28. The fourth-order valence-corrected chi connectivity index (χ4v) is 1.89. The molecule has 0 bridgehead atoms. The van der Waals surface area contributed by atoms with Gasteiger partial charge in [-0.1, -0.05) is 13.8 Å². The molecule has 0 aromatic rings. The maximum absolute atomic E-state index is 5.00. The maximum Gasteiger partial charge on any atom is 0.0587 e. The smallest absolute Gasteiger partial charge is 0.0587 e. The van der Waals surface area contributed by atoms with Crippen molar-refractivity contribution in [2.24, 2.45) is 11.3 Å². The summed E-state index contributed by atoms with van der Waals surface area (Å²) in [6.45, 7) is 7.67. The highest BCUT2D eigenvalue weighted by Crippen LogP contribution is 2.46. The lowest BCUT2D eigenvalue weighted by Gasteiger charge is -2.28. The van der Waals surface area contributed by atoms with Crippen molar-refractivity contribution < 1.29 is 4.74 Å². The van der Waals surface area contributed by atoms with Gasteiger partial charge in [0.2, 0.25) is 0 Å². The zero-order valence-electron chi connectivity index (χ0n) is 9.23. The molecule has 0 amide bonds. The molecule has 0 heterocycles. The minimum Gasteiger partial charge on any atom is -0.383 e. The Labute approximate surface area is 82.0 Å². The highest BCUT2D eigenvalue weighted by Gasteiger charge is 2.39. The van der Waals surface area contributed by atoms with Crippen LogP contribution in [-0.2, 0) is 4.74 Å². The molecule has 1 aliphatic rings. The number of rotatable bonds is 7. The predicted octanol–water partition coefficient (Wildman–Crippen LogP) is 2.05. The minimum absolute atomic E-state index is 0.535. The standard InChI is InChI=1S/C11H23NO/c1-4-11(2,10-5-6-10)9-12-7-8-13-3/h10,12H,4-9H2,1-3H3. The summed E-state index contributed by atoms with van der Waals surface area (Å²) in [6.07, 6.45) is 4.17. The average Bonchev–Trinajstić information content (AvgIpc) is 2.95. The number of methoxy groups -OCH3 is 1. The molecule has 1 fully saturated rings. The van der Waals surface area contributed by atoms with E-state index in [2.05, 4.69) is 19.2 Å². The van der Waals surface area contributed by atoms with E-state index < -0.39 is 0 Å². The van der Waals surface area contributed by atoms with Crippen LogP contribution in [0.1, 0.15) is 33.1 Å². The van der Waals surface area contributed by atoms with Gasteiger partial charge in [-0.2, -0.15) is 0 Å². The monoisotopic (exact) mass is 185 g/mol. The summed E-state index contributed by atoms with van der Waals surface area (Å²) in [5, 5.41) is 3.47. The topological polar surface area (TPSA) is 21.3 Å². The van der Waals surface area contributed by atoms with Crippen LogP contribution in [0.15, 0.2) is 0 Å². The van der Waals surface area contributed by atoms with Gasteiger partial charge in [-0.3, -0.25) is 0 Å². The molecule has 1 rings (SSSR count). The molecule has 2 nitrogen and oxygen atoms in total. The van der Waals surface area contributed by atoms with Crippen molar-refractivity contribution >= 4 is 0 Å². The van der Waals surface area contributed by atoms with Crippen molar-refractivity contribution in [2.75, 3.05) is 26.8 Å². The normalized spacial score (nSPS) is 21.5. The molecule has 1 atom stereocenters. The molecule has 0 radical (unpaired) electrons. The van der Waals surface area contributed by atoms with Gasteiger partial charge in [0.15, 0.2) is 0 Å². The van der Waals surface area contributed by atoms with Crippen LogP contribution in [0.25, 0.3) is 0 Å². The van der Waals surface area contributed by atoms with E-state index in [1.54, 1.807) is 7.11 Å². The van der Waals surface area contributed by atoms with Gasteiger partial charge in [-0.25, -0.2) is 0 Å². The van der Waals surface area contributed by atoms with Crippen LogP contribution in [0.2, 0.25) is 0 Å². The zero-order valence-corrected chi connectivity index (χ0v) is 9.23. The Morgan fingerprint density at radius 3 is 2.62 bits per heavy atom. The Balaban J connectivity index is 2.15. The Morgan fingerprint density at radius 2 is 2.15 bits per heavy atom. The Hall–Kier alpha value is -0.0800. The van der Waals surface area contributed by atoms with Crippen LogP contribution >= 0.6 is 0 Å². The molecule has 0 aromatic carbocycles. The molecule has 1 saturated carbocycles. The van der Waals surface area contributed by atoms with Crippen LogP contribution in [0, 0.1) is 11.3 Å². The first kappa shape index (κ1) is 11.0. The summed E-state index contributed by atoms with van der Waals surface area (Å²) >= 11 is 0. The molecule has 1 unspecified atom stereocenters. The quantitative estimate of drug-likeness (QED) is 0.613. The van der Waals surface area contributed by atoms with Crippen molar-refractivity contribution in [1.82, 2.24) is 5.32 Å². The molecule has 78 valence electrons. The molecule has 13 heavy (non-hydrogen) atoms. The van der Waals surface area contributed by atoms with Crippen molar-refractivity contribution in [3.05, 3.63) is 0 Å². The van der Waals surface area contributed by atoms with E-state index in [9.17, 15) is 0 Å². The summed E-state index contributed by atoms with van der Waals surface area (Å²) in [7, 11) is 1.75. The average molecular weight is 185 g/mol. The van der Waals surface area contributed by atoms with Crippen LogP contribution in [0.4, 0.5) is 0 Å². The number of hydrogen-bond acceptors (Lipinski definition) is 2. The van der Waals surface area contributed by atoms with E-state index in [4.69, 9.17) is 4.74 Å². The lowest BCUT2D eigenvalue weighted by Crippen LogP contribution is -2.34. The summed E-state index contributed by atoms with van der Waals surface area (Å²) in [5.74, 6) is 0.979. The SMILES string of the molecule is CCC(C)(CNCCOC)C1CC1. The second-order valence-electron chi connectivity index (χ2n) is 4.45. The summed E-state index contributed by atoms with van der Waals surface area (Å²) in [6, 6.07) is 0. The molecule has 0 spiro atoms. The van der Waals surface area contributed by atoms with E-state index >= 15 is 0 Å². The molecule has 0 aromatic heterocycles. The first-order valence-electron chi connectivity index (χ1n) is 5.42. The van der Waals surface area contributed by atoms with Crippen molar-refractivity contribution in [3.8, 4) is 0 Å². The van der Waals surface area contributed by atoms with Gasteiger partial charge in [0.05, 0.1) is 6.61 Å². The highest BCUT2D eigenvalue weighted by molar-refractivity contribution is 4.91. The second kappa shape index (κ2) is 4.97. The third-order valence-corrected chi connectivity index (χ3v) is 3.38. The van der Waals surface area contributed by atoms with Crippen LogP contribution < -0.4 is 5.32 Å². The van der Waals surface area contributed by atoms with Gasteiger partial charge < -0.3 is 10.1 Å². The minimum atomic E-state index is 0.535. The largest absolute Gasteiger partial charge is 0.383 e. The summed E-state index contributed by atoms with van der Waals surface area (Å²) in [5.41, 5.74) is 0.535. The first-order valence-corrected chi connectivity index (χ1v) is 5.42. The molecule has 0 aliphatic heterocycles. The molecular weight excluding hydrogens is 162 g/mol. The van der Waals surface area contributed by atoms with E-state index in [-0.39, 0.29) is 0 Å². The van der Waals surface area contributed by atoms with E-state index in [1.807, 2.05) is 0 Å². The maximum atomic E-state index is 5.00. The Morgan fingerprint density at radius 1 is 1.46 bits per heavy atom. The van der Waals surface area contributed by atoms with Crippen LogP contribution in [0.3, 0.4) is 0 Å². The van der Waals surface area contributed by atoms with Crippen molar-refractivity contribution in [1.29, 1.82) is 0 Å². The van der Waals surface area contributed by atoms with Gasteiger partial charge in [-0.15, -0.1) is 0 Å². The van der Waals surface area contributed by atoms with Gasteiger partial charge in [0.25, 0.3) is 0 Å². The van der Waals surface area contributed by atoms with Crippen molar-refractivity contribution in [3.63, 3.8) is 0 Å². The Bertz CT molecular complexity index is 145. The highest BCUT2D eigenvalue weighted by atomic mass is 16.5. The Kier molecular flexibility index (Phi) is 4.20. The lowest BCUT2D eigenvalue weighted by molar-refractivity contribution is 0.186. The summed E-state index contributed by atoms with van der Waals surface area (Å²) in [4.78, 5) is 0. The number of nitrogens with one attached hydrogen (secondary N) is 1. The first-order chi connectivity index (χ1) is 6.23. The van der Waals surface area contributed by atoms with Gasteiger partial charge >= 0.3 is 0 Å². The van der Waals surface area contributed by atoms with E-state index in [1.165, 1.54) is 19.3 Å². The molecular formula is C11H23NO. The molecule has 1 aliphatic carbocycles. The van der Waals surface area contributed by atoms with E-state index in [0.29, 0.717) is 5.41 Å². The molecule has 0 saturated heterocycles. The van der Waals surface area contributed by atoms with Gasteiger partial charge in [-0.05, 0) is 30.6 Å².